The molecule has 0 radical (unpaired) electrons. The van der Waals surface area contributed by atoms with E-state index in [1.165, 1.54) is 0 Å². The summed E-state index contributed by atoms with van der Waals surface area (Å²) in [5, 5.41) is 14.9. The SMILES string of the molecule is COc1cc(NC(=O)CCCc2ccc(-c3ccccc3)c(NC(=O)O)c2)c(Br)cc1CO[Si](C)(C)C(C)(C)C. The molecular formula is C31H39BrN2O5Si. The van der Waals surface area contributed by atoms with Crippen LogP contribution in [0.15, 0.2) is 65.1 Å². The number of aryl methyl sites for hydroxylation is 1. The Labute approximate surface area is 246 Å². The molecule has 3 rings (SSSR count). The van der Waals surface area contributed by atoms with Crippen LogP contribution in [-0.4, -0.2) is 32.5 Å². The number of carbonyl (C=O) groups is 2. The second kappa shape index (κ2) is 13.5. The van der Waals surface area contributed by atoms with E-state index in [4.69, 9.17) is 9.16 Å². The summed E-state index contributed by atoms with van der Waals surface area (Å²) in [7, 11) is -0.317. The van der Waals surface area contributed by atoms with Crippen LogP contribution in [0.4, 0.5) is 16.2 Å². The molecule has 3 N–H and O–H groups in total. The zero-order valence-electron chi connectivity index (χ0n) is 24.1. The highest BCUT2D eigenvalue weighted by atomic mass is 79.9. The fourth-order valence-corrected chi connectivity index (χ4v) is 5.41. The Bertz CT molecular complexity index is 1340. The average Bonchev–Trinajstić information content (AvgIpc) is 2.88. The first-order valence-corrected chi connectivity index (χ1v) is 17.0. The fourth-order valence-electron chi connectivity index (χ4n) is 3.97. The van der Waals surface area contributed by atoms with Gasteiger partial charge in [-0.15, -0.1) is 0 Å². The lowest BCUT2D eigenvalue weighted by Gasteiger charge is -2.36. The van der Waals surface area contributed by atoms with E-state index >= 15 is 0 Å². The number of benzene rings is 3. The molecule has 9 heteroatoms. The lowest BCUT2D eigenvalue weighted by atomic mass is 9.99. The number of hydrogen-bond donors (Lipinski definition) is 3. The van der Waals surface area contributed by atoms with Crippen molar-refractivity contribution in [3.05, 3.63) is 76.3 Å². The lowest BCUT2D eigenvalue weighted by Crippen LogP contribution is -2.40. The summed E-state index contributed by atoms with van der Waals surface area (Å²) in [6.07, 6.45) is 0.432. The third kappa shape index (κ3) is 8.43. The van der Waals surface area contributed by atoms with Gasteiger partial charge in [0.15, 0.2) is 8.32 Å². The normalized spacial score (nSPS) is 11.7. The molecule has 3 aromatic rings. The highest BCUT2D eigenvalue weighted by Gasteiger charge is 2.37. The van der Waals surface area contributed by atoms with E-state index in [9.17, 15) is 14.7 Å². The van der Waals surface area contributed by atoms with Crippen LogP contribution in [0.5, 0.6) is 5.75 Å². The lowest BCUT2D eigenvalue weighted by molar-refractivity contribution is -0.116. The highest BCUT2D eigenvalue weighted by molar-refractivity contribution is 9.10. The number of carboxylic acid groups (broad SMARTS) is 1. The minimum Gasteiger partial charge on any atom is -0.496 e. The summed E-state index contributed by atoms with van der Waals surface area (Å²) in [5.74, 6) is 0.548. The van der Waals surface area contributed by atoms with Gasteiger partial charge in [-0.1, -0.05) is 63.2 Å². The van der Waals surface area contributed by atoms with Crippen molar-refractivity contribution in [3.63, 3.8) is 0 Å². The summed E-state index contributed by atoms with van der Waals surface area (Å²) < 4.78 is 12.7. The highest BCUT2D eigenvalue weighted by Crippen LogP contribution is 2.39. The smallest absolute Gasteiger partial charge is 0.409 e. The first-order valence-electron chi connectivity index (χ1n) is 13.3. The van der Waals surface area contributed by atoms with Gasteiger partial charge in [0.2, 0.25) is 5.91 Å². The van der Waals surface area contributed by atoms with Gasteiger partial charge < -0.3 is 19.6 Å². The average molecular weight is 628 g/mol. The van der Waals surface area contributed by atoms with Crippen molar-refractivity contribution in [1.29, 1.82) is 0 Å². The van der Waals surface area contributed by atoms with Crippen molar-refractivity contribution >= 4 is 47.6 Å². The molecule has 0 unspecified atom stereocenters. The van der Waals surface area contributed by atoms with Gasteiger partial charge in [-0.05, 0) is 70.2 Å². The van der Waals surface area contributed by atoms with Crippen molar-refractivity contribution in [1.82, 2.24) is 0 Å². The zero-order chi connectivity index (χ0) is 29.5. The third-order valence-electron chi connectivity index (χ3n) is 7.32. The van der Waals surface area contributed by atoms with Crippen molar-refractivity contribution in [3.8, 4) is 16.9 Å². The molecule has 2 amide bonds. The molecule has 7 nitrogen and oxygen atoms in total. The van der Waals surface area contributed by atoms with Gasteiger partial charge in [0.05, 0.1) is 25.1 Å². The number of rotatable bonds is 11. The first kappa shape index (κ1) is 31.4. The summed E-state index contributed by atoms with van der Waals surface area (Å²) >= 11 is 3.59. The minimum absolute atomic E-state index is 0.101. The molecule has 0 bridgehead atoms. The Kier molecular flexibility index (Phi) is 10.6. The maximum atomic E-state index is 12.8. The van der Waals surface area contributed by atoms with Crippen LogP contribution in [0, 0.1) is 0 Å². The van der Waals surface area contributed by atoms with Crippen LogP contribution in [0.25, 0.3) is 11.1 Å². The fraction of sp³-hybridized carbons (Fsp3) is 0.355. The number of anilines is 2. The van der Waals surface area contributed by atoms with Crippen molar-refractivity contribution in [2.24, 2.45) is 0 Å². The van der Waals surface area contributed by atoms with Gasteiger partial charge in [0.25, 0.3) is 0 Å². The maximum Gasteiger partial charge on any atom is 0.409 e. The van der Waals surface area contributed by atoms with Crippen LogP contribution >= 0.6 is 15.9 Å². The number of ether oxygens (including phenoxy) is 1. The van der Waals surface area contributed by atoms with Gasteiger partial charge in [0.1, 0.15) is 5.75 Å². The van der Waals surface area contributed by atoms with Crippen molar-refractivity contribution in [2.75, 3.05) is 17.7 Å². The van der Waals surface area contributed by atoms with Crippen molar-refractivity contribution < 1.29 is 23.9 Å². The molecule has 0 atom stereocenters. The second-order valence-electron chi connectivity index (χ2n) is 11.3. The van der Waals surface area contributed by atoms with E-state index in [0.29, 0.717) is 43.0 Å². The number of nitrogens with one attached hydrogen (secondary N) is 2. The summed E-state index contributed by atoms with van der Waals surface area (Å²) in [6.45, 7) is 11.5. The van der Waals surface area contributed by atoms with Crippen molar-refractivity contribution in [2.45, 2.75) is 64.8 Å². The number of amides is 2. The van der Waals surface area contributed by atoms with Gasteiger partial charge in [-0.25, -0.2) is 4.79 Å². The van der Waals surface area contributed by atoms with Crippen LogP contribution < -0.4 is 15.4 Å². The first-order chi connectivity index (χ1) is 18.8. The quantitative estimate of drug-likeness (QED) is 0.185. The molecule has 0 spiro atoms. The Morgan fingerprint density at radius 2 is 1.68 bits per heavy atom. The predicted octanol–water partition coefficient (Wildman–Crippen LogP) is 8.70. The van der Waals surface area contributed by atoms with E-state index in [1.54, 1.807) is 7.11 Å². The molecule has 0 aliphatic carbocycles. The Morgan fingerprint density at radius 1 is 0.975 bits per heavy atom. The minimum atomic E-state index is -1.93. The van der Waals surface area contributed by atoms with Crippen LogP contribution in [-0.2, 0) is 22.2 Å². The van der Waals surface area contributed by atoms with E-state index in [2.05, 4.69) is 60.4 Å². The Balaban J connectivity index is 1.63. The molecule has 0 saturated carbocycles. The van der Waals surface area contributed by atoms with E-state index in [1.807, 2.05) is 60.7 Å². The van der Waals surface area contributed by atoms with Gasteiger partial charge in [-0.2, -0.15) is 0 Å². The zero-order valence-corrected chi connectivity index (χ0v) is 26.6. The molecule has 0 aliphatic heterocycles. The van der Waals surface area contributed by atoms with Crippen LogP contribution in [0.1, 0.15) is 44.7 Å². The molecule has 0 aromatic heterocycles. The number of carbonyl (C=O) groups excluding carboxylic acids is 1. The van der Waals surface area contributed by atoms with E-state index in [0.717, 1.165) is 26.7 Å². The molecule has 40 heavy (non-hydrogen) atoms. The molecule has 0 aliphatic rings. The van der Waals surface area contributed by atoms with E-state index in [-0.39, 0.29) is 10.9 Å². The standard InChI is InChI=1S/C31H39BrN2O5Si/c1-31(2,3)40(5,6)39-20-23-18-25(32)27(19-28(23)38-4)33-29(35)14-10-11-21-15-16-24(22-12-8-7-9-13-22)26(17-21)34-30(36)37/h7-9,12-13,15-19,34H,10-11,14,20H2,1-6H3,(H,33,35)(H,36,37). The van der Waals surface area contributed by atoms with Gasteiger partial charge >= 0.3 is 6.09 Å². The summed E-state index contributed by atoms with van der Waals surface area (Å²) in [5.41, 5.74) is 4.76. The second-order valence-corrected chi connectivity index (χ2v) is 16.9. The van der Waals surface area contributed by atoms with Crippen LogP contribution in [0.3, 0.4) is 0 Å². The Morgan fingerprint density at radius 3 is 2.30 bits per heavy atom. The monoisotopic (exact) mass is 626 g/mol. The van der Waals surface area contributed by atoms with E-state index < -0.39 is 14.4 Å². The Hall–Kier alpha value is -3.14. The topological polar surface area (TPSA) is 96.9 Å². The largest absolute Gasteiger partial charge is 0.496 e. The third-order valence-corrected chi connectivity index (χ3v) is 12.5. The molecule has 0 heterocycles. The molecule has 0 fully saturated rings. The molecule has 0 saturated heterocycles. The number of hydrogen-bond acceptors (Lipinski definition) is 4. The molecule has 214 valence electrons. The molecular weight excluding hydrogens is 588 g/mol. The number of methoxy groups -OCH3 is 1. The van der Waals surface area contributed by atoms with Crippen LogP contribution in [0.2, 0.25) is 18.1 Å². The maximum absolute atomic E-state index is 12.8. The van der Waals surface area contributed by atoms with Gasteiger partial charge in [-0.3, -0.25) is 10.1 Å². The number of halogens is 1. The summed E-state index contributed by atoms with van der Waals surface area (Å²) in [6, 6.07) is 19.1. The molecule has 3 aromatic carbocycles. The predicted molar refractivity (Wildman–Crippen MR) is 168 cm³/mol. The van der Waals surface area contributed by atoms with Gasteiger partial charge in [0, 0.05) is 28.1 Å². The summed E-state index contributed by atoms with van der Waals surface area (Å²) in [4.78, 5) is 24.1.